The zero-order valence-corrected chi connectivity index (χ0v) is 20.2. The van der Waals surface area contributed by atoms with E-state index in [9.17, 15) is 9.59 Å². The molecule has 0 saturated carbocycles. The quantitative estimate of drug-likeness (QED) is 0.446. The number of halogens is 1. The fraction of sp³-hybridized carbons (Fsp3) is 0.481. The number of ether oxygens (including phenoxy) is 1. The standard InChI is InChI=1S/C27H32N2O3.ClH/c1-32-22-11-10-21-19-27(14-12-20(21)18-22)13-4-5-15-28(27)16-6-7-17-29-25(30)23-8-2-3-9-24(23)26(29)31;/h2-3,8-11,18H,4-7,12-17,19H2,1H3;1H. The molecule has 33 heavy (non-hydrogen) atoms. The molecule has 2 aromatic carbocycles. The number of methoxy groups -OCH3 is 1. The molecule has 3 aliphatic rings. The number of carbonyl (C=O) groups is 2. The molecular formula is C27H33ClN2O3. The van der Waals surface area contributed by atoms with Crippen molar-refractivity contribution in [3.05, 3.63) is 64.7 Å². The number of aryl methyl sites for hydroxylation is 1. The van der Waals surface area contributed by atoms with Gasteiger partial charge in [-0.2, -0.15) is 0 Å². The van der Waals surface area contributed by atoms with Crippen molar-refractivity contribution >= 4 is 24.2 Å². The SMILES string of the molecule is COc1ccc2c(c1)CCC1(CCCCN1CCCCN1C(=O)c3ccccc3C1=O)C2.Cl. The van der Waals surface area contributed by atoms with Gasteiger partial charge in [0.25, 0.3) is 11.8 Å². The number of imide groups is 1. The van der Waals surface area contributed by atoms with Crippen LogP contribution in [0.15, 0.2) is 42.5 Å². The number of benzene rings is 2. The number of hydrogen-bond donors (Lipinski definition) is 0. The third-order valence-corrected chi connectivity index (χ3v) is 7.72. The first-order valence-corrected chi connectivity index (χ1v) is 12.0. The Hall–Kier alpha value is -2.37. The van der Waals surface area contributed by atoms with Crippen molar-refractivity contribution in [3.63, 3.8) is 0 Å². The van der Waals surface area contributed by atoms with Crippen LogP contribution < -0.4 is 4.74 Å². The van der Waals surface area contributed by atoms with Gasteiger partial charge in [-0.3, -0.25) is 19.4 Å². The number of nitrogens with zero attached hydrogens (tertiary/aromatic N) is 2. The van der Waals surface area contributed by atoms with E-state index in [1.165, 1.54) is 41.7 Å². The van der Waals surface area contributed by atoms with E-state index in [1.54, 1.807) is 19.2 Å². The van der Waals surface area contributed by atoms with E-state index in [4.69, 9.17) is 4.74 Å². The third-order valence-electron chi connectivity index (χ3n) is 7.72. The molecule has 6 heteroatoms. The number of piperidine rings is 1. The maximum atomic E-state index is 12.6. The summed E-state index contributed by atoms with van der Waals surface area (Å²) in [5.74, 6) is 0.673. The van der Waals surface area contributed by atoms with Gasteiger partial charge in [-0.25, -0.2) is 0 Å². The average Bonchev–Trinajstić information content (AvgIpc) is 3.07. The predicted molar refractivity (Wildman–Crippen MR) is 131 cm³/mol. The molecule has 0 bridgehead atoms. The van der Waals surface area contributed by atoms with Crippen LogP contribution in [0.3, 0.4) is 0 Å². The lowest BCUT2D eigenvalue weighted by atomic mass is 9.72. The fourth-order valence-corrected chi connectivity index (χ4v) is 5.94. The van der Waals surface area contributed by atoms with Gasteiger partial charge in [0.1, 0.15) is 5.75 Å². The Morgan fingerprint density at radius 1 is 0.909 bits per heavy atom. The van der Waals surface area contributed by atoms with Crippen LogP contribution in [0.1, 0.15) is 70.4 Å². The fourth-order valence-electron chi connectivity index (χ4n) is 5.94. The molecule has 5 nitrogen and oxygen atoms in total. The van der Waals surface area contributed by atoms with Gasteiger partial charge in [-0.15, -0.1) is 12.4 Å². The third kappa shape index (κ3) is 4.41. The first-order valence-electron chi connectivity index (χ1n) is 12.0. The van der Waals surface area contributed by atoms with Crippen LogP contribution in [0.4, 0.5) is 0 Å². The minimum absolute atomic E-state index is 0. The van der Waals surface area contributed by atoms with E-state index in [-0.39, 0.29) is 29.8 Å². The van der Waals surface area contributed by atoms with Gasteiger partial charge in [0.2, 0.25) is 0 Å². The van der Waals surface area contributed by atoms with Crippen molar-refractivity contribution in [2.75, 3.05) is 26.7 Å². The zero-order valence-electron chi connectivity index (χ0n) is 19.3. The summed E-state index contributed by atoms with van der Waals surface area (Å²) < 4.78 is 5.42. The summed E-state index contributed by atoms with van der Waals surface area (Å²) >= 11 is 0. The molecule has 2 amide bonds. The topological polar surface area (TPSA) is 49.9 Å². The highest BCUT2D eigenvalue weighted by Gasteiger charge is 2.41. The smallest absolute Gasteiger partial charge is 0.261 e. The molecule has 0 aromatic heterocycles. The molecule has 0 radical (unpaired) electrons. The Balaban J connectivity index is 0.00000259. The molecule has 1 unspecified atom stereocenters. The van der Waals surface area contributed by atoms with Crippen molar-refractivity contribution < 1.29 is 14.3 Å². The van der Waals surface area contributed by atoms with E-state index < -0.39 is 0 Å². The normalized spacial score (nSPS) is 22.2. The van der Waals surface area contributed by atoms with Crippen LogP contribution in [0, 0.1) is 0 Å². The van der Waals surface area contributed by atoms with Gasteiger partial charge in [0.05, 0.1) is 18.2 Å². The van der Waals surface area contributed by atoms with Crippen molar-refractivity contribution in [2.45, 2.75) is 56.9 Å². The van der Waals surface area contributed by atoms with Gasteiger partial charge in [-0.1, -0.05) is 24.6 Å². The Morgan fingerprint density at radius 3 is 2.36 bits per heavy atom. The van der Waals surface area contributed by atoms with E-state index in [0.29, 0.717) is 17.7 Å². The second-order valence-corrected chi connectivity index (χ2v) is 9.49. The molecule has 5 rings (SSSR count). The number of amides is 2. The molecule has 1 fully saturated rings. The van der Waals surface area contributed by atoms with Crippen molar-refractivity contribution in [1.82, 2.24) is 9.80 Å². The van der Waals surface area contributed by atoms with Crippen molar-refractivity contribution in [1.29, 1.82) is 0 Å². The largest absolute Gasteiger partial charge is 0.497 e. The van der Waals surface area contributed by atoms with Crippen molar-refractivity contribution in [2.24, 2.45) is 0 Å². The molecule has 1 atom stereocenters. The first kappa shape index (κ1) is 23.8. The van der Waals surface area contributed by atoms with Gasteiger partial charge in [-0.05, 0) is 93.4 Å². The first-order chi connectivity index (χ1) is 15.6. The molecule has 1 aliphatic carbocycles. The average molecular weight is 469 g/mol. The van der Waals surface area contributed by atoms with E-state index >= 15 is 0 Å². The number of likely N-dealkylation sites (tertiary alicyclic amines) is 1. The van der Waals surface area contributed by atoms with Gasteiger partial charge < -0.3 is 4.74 Å². The monoisotopic (exact) mass is 468 g/mol. The minimum Gasteiger partial charge on any atom is -0.497 e. The number of unbranched alkanes of at least 4 members (excludes halogenated alkanes) is 1. The van der Waals surface area contributed by atoms with Gasteiger partial charge >= 0.3 is 0 Å². The minimum atomic E-state index is -0.139. The lowest BCUT2D eigenvalue weighted by Gasteiger charge is -2.50. The van der Waals surface area contributed by atoms with Crippen LogP contribution in [0.5, 0.6) is 5.75 Å². The Morgan fingerprint density at radius 2 is 1.64 bits per heavy atom. The van der Waals surface area contributed by atoms with Crippen LogP contribution >= 0.6 is 12.4 Å². The highest BCUT2D eigenvalue weighted by Crippen LogP contribution is 2.40. The number of fused-ring (bicyclic) bond motifs is 2. The lowest BCUT2D eigenvalue weighted by molar-refractivity contribution is 0.0317. The molecule has 1 saturated heterocycles. The van der Waals surface area contributed by atoms with E-state index in [0.717, 1.165) is 44.5 Å². The molecule has 2 aromatic rings. The highest BCUT2D eigenvalue weighted by atomic mass is 35.5. The summed E-state index contributed by atoms with van der Waals surface area (Å²) in [6, 6.07) is 13.7. The van der Waals surface area contributed by atoms with Gasteiger partial charge in [0.15, 0.2) is 0 Å². The summed E-state index contributed by atoms with van der Waals surface area (Å²) in [4.78, 5) is 29.3. The zero-order chi connectivity index (χ0) is 22.1. The predicted octanol–water partition coefficient (Wildman–Crippen LogP) is 4.91. The molecule has 176 valence electrons. The van der Waals surface area contributed by atoms with E-state index in [1.807, 2.05) is 12.1 Å². The maximum Gasteiger partial charge on any atom is 0.261 e. The maximum absolute atomic E-state index is 12.6. The van der Waals surface area contributed by atoms with Crippen LogP contribution in [0.25, 0.3) is 0 Å². The summed E-state index contributed by atoms with van der Waals surface area (Å²) in [7, 11) is 1.73. The molecular weight excluding hydrogens is 436 g/mol. The van der Waals surface area contributed by atoms with E-state index in [2.05, 4.69) is 23.1 Å². The molecule has 1 spiro atoms. The number of rotatable bonds is 6. The summed E-state index contributed by atoms with van der Waals surface area (Å²) in [6.45, 7) is 2.70. The second kappa shape index (κ2) is 9.86. The molecule has 2 aliphatic heterocycles. The Labute approximate surface area is 202 Å². The van der Waals surface area contributed by atoms with Crippen LogP contribution in [-0.2, 0) is 12.8 Å². The number of hydrogen-bond acceptors (Lipinski definition) is 4. The van der Waals surface area contributed by atoms with Crippen LogP contribution in [0.2, 0.25) is 0 Å². The Kier molecular flexibility index (Phi) is 7.10. The van der Waals surface area contributed by atoms with Gasteiger partial charge in [0, 0.05) is 12.1 Å². The molecule has 2 heterocycles. The van der Waals surface area contributed by atoms with Crippen molar-refractivity contribution in [3.8, 4) is 5.75 Å². The van der Waals surface area contributed by atoms with Crippen LogP contribution in [-0.4, -0.2) is 53.9 Å². The number of carbonyl (C=O) groups excluding carboxylic acids is 2. The summed E-state index contributed by atoms with van der Waals surface area (Å²) in [5, 5.41) is 0. The lowest BCUT2D eigenvalue weighted by Crippen LogP contribution is -2.55. The Bertz CT molecular complexity index is 1000. The summed E-state index contributed by atoms with van der Waals surface area (Å²) in [5.41, 5.74) is 4.26. The second-order valence-electron chi connectivity index (χ2n) is 9.49. The highest BCUT2D eigenvalue weighted by molar-refractivity contribution is 6.21. The summed E-state index contributed by atoms with van der Waals surface area (Å²) in [6.07, 6.45) is 9.11. The molecule has 0 N–H and O–H groups in total.